The predicted octanol–water partition coefficient (Wildman–Crippen LogP) is 1.85. The van der Waals surface area contributed by atoms with Crippen LogP contribution < -0.4 is 10.2 Å². The Hall–Kier alpha value is -1.76. The Morgan fingerprint density at radius 3 is 2.82 bits per heavy atom. The van der Waals surface area contributed by atoms with Gasteiger partial charge in [0.15, 0.2) is 11.5 Å². The molecule has 6 nitrogen and oxygen atoms in total. The third-order valence-corrected chi connectivity index (χ3v) is 2.29. The topological polar surface area (TPSA) is 80.2 Å². The number of carbonyl (C=O) groups is 1. The zero-order chi connectivity index (χ0) is 12.8. The second-order valence-electron chi connectivity index (χ2n) is 2.91. The van der Waals surface area contributed by atoms with Crippen molar-refractivity contribution >= 4 is 28.2 Å². The van der Waals surface area contributed by atoms with Gasteiger partial charge in [-0.3, -0.25) is 0 Å². The van der Waals surface area contributed by atoms with Gasteiger partial charge in [-0.1, -0.05) is 15.9 Å². The molecule has 0 radical (unpaired) electrons. The second-order valence-corrected chi connectivity index (χ2v) is 3.82. The maximum Gasteiger partial charge on any atom is 0.427 e. The van der Waals surface area contributed by atoms with Crippen molar-refractivity contribution in [1.29, 1.82) is 0 Å². The highest BCUT2D eigenvalue weighted by atomic mass is 79.9. The number of halogens is 1. The first-order valence-electron chi connectivity index (χ1n) is 4.52. The maximum atomic E-state index is 10.7. The average molecular weight is 303 g/mol. The highest BCUT2D eigenvalue weighted by Gasteiger charge is 2.08. The third-order valence-electron chi connectivity index (χ3n) is 1.83. The fourth-order valence-corrected chi connectivity index (χ4v) is 1.50. The van der Waals surface area contributed by atoms with Crippen molar-refractivity contribution in [2.45, 2.75) is 0 Å². The number of phenolic OH excluding ortho intramolecular Hbond substituents is 1. The first-order valence-corrected chi connectivity index (χ1v) is 5.31. The van der Waals surface area contributed by atoms with E-state index < -0.39 is 6.09 Å². The molecule has 92 valence electrons. The number of methoxy groups -OCH3 is 2. The predicted molar refractivity (Wildman–Crippen MR) is 65.5 cm³/mol. The van der Waals surface area contributed by atoms with Crippen LogP contribution in [0.2, 0.25) is 0 Å². The molecule has 0 bridgehead atoms. The molecule has 0 saturated carbocycles. The number of aromatic hydroxyl groups is 1. The normalized spacial score (nSPS) is 10.3. The molecule has 0 aromatic heterocycles. The SMILES string of the molecule is COC(=O)N/N=C\c1cc(Br)cc(OC)c1O. The van der Waals surface area contributed by atoms with E-state index in [0.717, 1.165) is 0 Å². The van der Waals surface area contributed by atoms with Crippen molar-refractivity contribution in [1.82, 2.24) is 5.43 Å². The molecular formula is C10H11BrN2O4. The van der Waals surface area contributed by atoms with Gasteiger partial charge in [-0.2, -0.15) is 5.10 Å². The average Bonchev–Trinajstić information content (AvgIpc) is 2.32. The van der Waals surface area contributed by atoms with Crippen LogP contribution in [0.4, 0.5) is 4.79 Å². The molecule has 0 aliphatic carbocycles. The summed E-state index contributed by atoms with van der Waals surface area (Å²) in [6.07, 6.45) is 0.585. The van der Waals surface area contributed by atoms with Gasteiger partial charge in [0.25, 0.3) is 0 Å². The minimum absolute atomic E-state index is 0.0638. The molecule has 0 atom stereocenters. The van der Waals surface area contributed by atoms with Gasteiger partial charge in [-0.25, -0.2) is 10.2 Å². The molecule has 1 aromatic rings. The number of nitrogens with zero attached hydrogens (tertiary/aromatic N) is 1. The molecule has 0 fully saturated rings. The van der Waals surface area contributed by atoms with Crippen LogP contribution in [0, 0.1) is 0 Å². The highest BCUT2D eigenvalue weighted by molar-refractivity contribution is 9.10. The Kier molecular flexibility index (Phi) is 4.77. The Bertz CT molecular complexity index is 448. The molecule has 0 aliphatic heterocycles. The number of hydrogen-bond donors (Lipinski definition) is 2. The number of benzene rings is 1. The van der Waals surface area contributed by atoms with E-state index in [0.29, 0.717) is 15.8 Å². The van der Waals surface area contributed by atoms with E-state index in [9.17, 15) is 9.90 Å². The van der Waals surface area contributed by atoms with Gasteiger partial charge in [0.1, 0.15) is 0 Å². The maximum absolute atomic E-state index is 10.7. The van der Waals surface area contributed by atoms with Crippen LogP contribution in [-0.4, -0.2) is 31.6 Å². The lowest BCUT2D eigenvalue weighted by atomic mass is 10.2. The summed E-state index contributed by atoms with van der Waals surface area (Å²) in [6, 6.07) is 3.24. The monoisotopic (exact) mass is 302 g/mol. The number of hydrogen-bond acceptors (Lipinski definition) is 5. The molecule has 0 saturated heterocycles. The fraction of sp³-hybridized carbons (Fsp3) is 0.200. The zero-order valence-corrected chi connectivity index (χ0v) is 10.8. The van der Waals surface area contributed by atoms with Crippen LogP contribution in [0.25, 0.3) is 0 Å². The summed E-state index contributed by atoms with van der Waals surface area (Å²) in [5, 5.41) is 13.4. The third kappa shape index (κ3) is 3.63. The smallest absolute Gasteiger partial charge is 0.427 e. The molecular weight excluding hydrogens is 292 g/mol. The minimum Gasteiger partial charge on any atom is -0.504 e. The standard InChI is InChI=1S/C10H11BrN2O4/c1-16-8-4-7(11)3-6(9(8)14)5-12-13-10(15)17-2/h3-5,14H,1-2H3,(H,13,15)/b12-5-. The zero-order valence-electron chi connectivity index (χ0n) is 9.23. The first-order chi connectivity index (χ1) is 8.08. The number of hydrazone groups is 1. The summed E-state index contributed by atoms with van der Waals surface area (Å²) in [7, 11) is 2.67. The lowest BCUT2D eigenvalue weighted by Gasteiger charge is -2.06. The Labute approximate surface area is 106 Å². The number of phenols is 1. The van der Waals surface area contributed by atoms with Crippen molar-refractivity contribution in [2.75, 3.05) is 14.2 Å². The van der Waals surface area contributed by atoms with Crippen LogP contribution in [0.3, 0.4) is 0 Å². The lowest BCUT2D eigenvalue weighted by molar-refractivity contribution is 0.171. The first kappa shape index (κ1) is 13.3. The van der Waals surface area contributed by atoms with Crippen LogP contribution in [0.1, 0.15) is 5.56 Å². The summed E-state index contributed by atoms with van der Waals surface area (Å²) in [5.74, 6) is 0.241. The van der Waals surface area contributed by atoms with E-state index in [1.165, 1.54) is 20.4 Å². The molecule has 0 spiro atoms. The summed E-state index contributed by atoms with van der Waals surface area (Å²) >= 11 is 3.26. The van der Waals surface area contributed by atoms with Crippen LogP contribution in [0.5, 0.6) is 11.5 Å². The summed E-state index contributed by atoms with van der Waals surface area (Å²) in [4.78, 5) is 10.7. The number of ether oxygens (including phenoxy) is 2. The number of carbonyl (C=O) groups excluding carboxylic acids is 1. The Morgan fingerprint density at radius 2 is 2.24 bits per heavy atom. The van der Waals surface area contributed by atoms with E-state index in [1.807, 2.05) is 0 Å². The van der Waals surface area contributed by atoms with E-state index in [-0.39, 0.29) is 5.75 Å². The molecule has 0 heterocycles. The van der Waals surface area contributed by atoms with E-state index in [1.54, 1.807) is 12.1 Å². The van der Waals surface area contributed by atoms with Gasteiger partial charge in [-0.15, -0.1) is 0 Å². The van der Waals surface area contributed by atoms with Crippen molar-refractivity contribution < 1.29 is 19.4 Å². The summed E-state index contributed by atoms with van der Waals surface area (Å²) in [6.45, 7) is 0. The summed E-state index contributed by atoms with van der Waals surface area (Å²) in [5.41, 5.74) is 2.50. The van der Waals surface area contributed by atoms with Gasteiger partial charge >= 0.3 is 6.09 Å². The largest absolute Gasteiger partial charge is 0.504 e. The minimum atomic E-state index is -0.692. The Balaban J connectivity index is 2.90. The van der Waals surface area contributed by atoms with E-state index >= 15 is 0 Å². The van der Waals surface area contributed by atoms with Gasteiger partial charge in [0, 0.05) is 10.0 Å². The molecule has 1 rings (SSSR count). The van der Waals surface area contributed by atoms with Crippen LogP contribution in [-0.2, 0) is 4.74 Å². The van der Waals surface area contributed by atoms with E-state index in [4.69, 9.17) is 4.74 Å². The molecule has 0 unspecified atom stereocenters. The van der Waals surface area contributed by atoms with Crippen molar-refractivity contribution in [3.8, 4) is 11.5 Å². The Morgan fingerprint density at radius 1 is 1.53 bits per heavy atom. The molecule has 1 amide bonds. The molecule has 0 aliphatic rings. The summed E-state index contributed by atoms with van der Waals surface area (Å²) < 4.78 is 10.0. The van der Waals surface area contributed by atoms with Gasteiger partial charge in [0.2, 0.25) is 0 Å². The lowest BCUT2D eigenvalue weighted by Crippen LogP contribution is -2.16. The van der Waals surface area contributed by atoms with Crippen molar-refractivity contribution in [3.63, 3.8) is 0 Å². The van der Waals surface area contributed by atoms with Crippen molar-refractivity contribution in [2.24, 2.45) is 5.10 Å². The van der Waals surface area contributed by atoms with Gasteiger partial charge < -0.3 is 14.6 Å². The second kappa shape index (κ2) is 6.09. The van der Waals surface area contributed by atoms with Crippen LogP contribution in [0.15, 0.2) is 21.7 Å². The number of amides is 1. The van der Waals surface area contributed by atoms with E-state index in [2.05, 4.69) is 31.2 Å². The quantitative estimate of drug-likeness (QED) is 0.659. The van der Waals surface area contributed by atoms with Crippen LogP contribution >= 0.6 is 15.9 Å². The molecule has 1 aromatic carbocycles. The number of rotatable bonds is 3. The highest BCUT2D eigenvalue weighted by Crippen LogP contribution is 2.32. The van der Waals surface area contributed by atoms with Gasteiger partial charge in [0.05, 0.1) is 20.4 Å². The van der Waals surface area contributed by atoms with Crippen molar-refractivity contribution in [3.05, 3.63) is 22.2 Å². The fourth-order valence-electron chi connectivity index (χ4n) is 1.05. The molecule has 7 heteroatoms. The van der Waals surface area contributed by atoms with Gasteiger partial charge in [-0.05, 0) is 12.1 Å². The molecule has 17 heavy (non-hydrogen) atoms. The number of nitrogens with one attached hydrogen (secondary N) is 1. The molecule has 2 N–H and O–H groups in total.